The molecule has 0 spiro atoms. The molecule has 2 rings (SSSR count). The fourth-order valence-electron chi connectivity index (χ4n) is 1.75. The number of benzene rings is 2. The summed E-state index contributed by atoms with van der Waals surface area (Å²) in [6.07, 6.45) is -0.773. The number of rotatable bonds is 6. The van der Waals surface area contributed by atoms with Gasteiger partial charge in [-0.25, -0.2) is 5.48 Å². The molecule has 0 aliphatic carbocycles. The van der Waals surface area contributed by atoms with Gasteiger partial charge in [-0.1, -0.05) is 42.5 Å². The first kappa shape index (κ1) is 15.5. The molecule has 0 aliphatic rings. The van der Waals surface area contributed by atoms with E-state index >= 15 is 0 Å². The van der Waals surface area contributed by atoms with E-state index in [4.69, 9.17) is 14.8 Å². The van der Waals surface area contributed by atoms with E-state index in [2.05, 4.69) is 5.48 Å². The van der Waals surface area contributed by atoms with E-state index < -0.39 is 12.0 Å². The smallest absolute Gasteiger partial charge is 0.284 e. The third kappa shape index (κ3) is 4.33. The van der Waals surface area contributed by atoms with Gasteiger partial charge in [-0.3, -0.25) is 9.63 Å². The van der Waals surface area contributed by atoms with Crippen LogP contribution in [0.1, 0.15) is 18.1 Å². The van der Waals surface area contributed by atoms with E-state index in [9.17, 15) is 4.79 Å². The van der Waals surface area contributed by atoms with Crippen LogP contribution in [0.25, 0.3) is 0 Å². The highest BCUT2D eigenvalue weighted by molar-refractivity contribution is 5.79. The Morgan fingerprint density at radius 2 is 1.86 bits per heavy atom. The van der Waals surface area contributed by atoms with Crippen molar-refractivity contribution in [3.05, 3.63) is 65.7 Å². The van der Waals surface area contributed by atoms with Crippen molar-refractivity contribution in [2.75, 3.05) is 0 Å². The first-order chi connectivity index (χ1) is 10.7. The van der Waals surface area contributed by atoms with Gasteiger partial charge in [-0.05, 0) is 24.6 Å². The Balaban J connectivity index is 1.83. The van der Waals surface area contributed by atoms with Crippen molar-refractivity contribution in [2.24, 2.45) is 0 Å². The average molecular weight is 296 g/mol. The maximum Gasteiger partial charge on any atom is 0.284 e. The van der Waals surface area contributed by atoms with Crippen LogP contribution in [0.5, 0.6) is 5.75 Å². The molecular weight excluding hydrogens is 280 g/mol. The molecule has 0 saturated heterocycles. The van der Waals surface area contributed by atoms with Gasteiger partial charge in [0.1, 0.15) is 11.8 Å². The Hall–Kier alpha value is -2.84. The number of para-hydroxylation sites is 1. The standard InChI is InChI=1S/C17H16N2O3/c1-13(22-16-10-6-5-9-15(16)11-18)17(20)19-21-12-14-7-3-2-4-8-14/h2-10,13H,12H2,1H3,(H,19,20). The molecular formula is C17H16N2O3. The van der Waals surface area contributed by atoms with Gasteiger partial charge in [0.2, 0.25) is 0 Å². The van der Waals surface area contributed by atoms with E-state index in [1.54, 1.807) is 31.2 Å². The maximum absolute atomic E-state index is 11.9. The second-order valence-corrected chi connectivity index (χ2v) is 4.61. The summed E-state index contributed by atoms with van der Waals surface area (Å²) in [4.78, 5) is 17.0. The predicted octanol–water partition coefficient (Wildman–Crippen LogP) is 2.57. The number of carbonyl (C=O) groups is 1. The summed E-state index contributed by atoms with van der Waals surface area (Å²) in [5.41, 5.74) is 3.67. The van der Waals surface area contributed by atoms with E-state index in [1.165, 1.54) is 0 Å². The van der Waals surface area contributed by atoms with Crippen molar-refractivity contribution >= 4 is 5.91 Å². The molecule has 5 heteroatoms. The molecule has 2 aromatic carbocycles. The largest absolute Gasteiger partial charge is 0.479 e. The lowest BCUT2D eigenvalue weighted by molar-refractivity contribution is -0.141. The molecule has 0 saturated carbocycles. The molecule has 0 fully saturated rings. The fraction of sp³-hybridized carbons (Fsp3) is 0.176. The molecule has 0 radical (unpaired) electrons. The van der Waals surface area contributed by atoms with Crippen LogP contribution in [0.2, 0.25) is 0 Å². The molecule has 1 atom stereocenters. The monoisotopic (exact) mass is 296 g/mol. The van der Waals surface area contributed by atoms with Gasteiger partial charge in [0.25, 0.3) is 5.91 Å². The molecule has 0 heterocycles. The third-order valence-corrected chi connectivity index (χ3v) is 2.93. The Bertz CT molecular complexity index is 665. The van der Waals surface area contributed by atoms with Crippen molar-refractivity contribution in [1.29, 1.82) is 5.26 Å². The normalized spacial score (nSPS) is 11.3. The lowest BCUT2D eigenvalue weighted by Crippen LogP contribution is -2.36. The number of nitrogens with zero attached hydrogens (tertiary/aromatic N) is 1. The quantitative estimate of drug-likeness (QED) is 0.832. The Kier molecular flexibility index (Phi) is 5.52. The van der Waals surface area contributed by atoms with Gasteiger partial charge in [-0.15, -0.1) is 0 Å². The van der Waals surface area contributed by atoms with Crippen LogP contribution in [0.4, 0.5) is 0 Å². The summed E-state index contributed by atoms with van der Waals surface area (Å²) in [5, 5.41) is 8.98. The highest BCUT2D eigenvalue weighted by Gasteiger charge is 2.16. The second kappa shape index (κ2) is 7.81. The van der Waals surface area contributed by atoms with E-state index in [0.717, 1.165) is 5.56 Å². The van der Waals surface area contributed by atoms with Crippen LogP contribution < -0.4 is 10.2 Å². The summed E-state index contributed by atoms with van der Waals surface area (Å²) in [6.45, 7) is 1.86. The summed E-state index contributed by atoms with van der Waals surface area (Å²) >= 11 is 0. The minimum absolute atomic E-state index is 0.272. The Labute approximate surface area is 129 Å². The van der Waals surface area contributed by atoms with E-state index in [1.807, 2.05) is 36.4 Å². The van der Waals surface area contributed by atoms with Gasteiger partial charge in [0, 0.05) is 0 Å². The lowest BCUT2D eigenvalue weighted by Gasteiger charge is -2.15. The van der Waals surface area contributed by atoms with Crippen molar-refractivity contribution < 1.29 is 14.4 Å². The number of hydrogen-bond donors (Lipinski definition) is 1. The topological polar surface area (TPSA) is 71.3 Å². The molecule has 0 aromatic heterocycles. The lowest BCUT2D eigenvalue weighted by atomic mass is 10.2. The number of hydrogen-bond acceptors (Lipinski definition) is 4. The summed E-state index contributed by atoms with van der Waals surface area (Å²) < 4.78 is 5.49. The zero-order chi connectivity index (χ0) is 15.8. The van der Waals surface area contributed by atoms with Crippen LogP contribution in [0, 0.1) is 11.3 Å². The third-order valence-electron chi connectivity index (χ3n) is 2.93. The Morgan fingerprint density at radius 1 is 1.18 bits per heavy atom. The zero-order valence-corrected chi connectivity index (χ0v) is 12.2. The molecule has 2 aromatic rings. The van der Waals surface area contributed by atoms with E-state index in [-0.39, 0.29) is 6.61 Å². The average Bonchev–Trinajstić information content (AvgIpc) is 2.56. The minimum atomic E-state index is -0.773. The molecule has 112 valence electrons. The summed E-state index contributed by atoms with van der Waals surface area (Å²) in [6, 6.07) is 18.3. The highest BCUT2D eigenvalue weighted by Crippen LogP contribution is 2.18. The number of hydroxylamine groups is 1. The van der Waals surface area contributed by atoms with Crippen LogP contribution in [0.3, 0.4) is 0 Å². The van der Waals surface area contributed by atoms with Gasteiger partial charge in [-0.2, -0.15) is 5.26 Å². The van der Waals surface area contributed by atoms with Crippen molar-refractivity contribution in [2.45, 2.75) is 19.6 Å². The van der Waals surface area contributed by atoms with Crippen molar-refractivity contribution in [3.8, 4) is 11.8 Å². The maximum atomic E-state index is 11.9. The number of nitriles is 1. The van der Waals surface area contributed by atoms with Crippen LogP contribution in [-0.2, 0) is 16.2 Å². The summed E-state index contributed by atoms with van der Waals surface area (Å²) in [5.74, 6) is -0.0422. The van der Waals surface area contributed by atoms with Crippen LogP contribution >= 0.6 is 0 Å². The molecule has 5 nitrogen and oxygen atoms in total. The SMILES string of the molecule is CC(Oc1ccccc1C#N)C(=O)NOCc1ccccc1. The van der Waals surface area contributed by atoms with Crippen LogP contribution in [0.15, 0.2) is 54.6 Å². The molecule has 0 bridgehead atoms. The van der Waals surface area contributed by atoms with Gasteiger partial charge in [0.15, 0.2) is 6.10 Å². The first-order valence-electron chi connectivity index (χ1n) is 6.82. The highest BCUT2D eigenvalue weighted by atomic mass is 16.7. The zero-order valence-electron chi connectivity index (χ0n) is 12.2. The number of amides is 1. The van der Waals surface area contributed by atoms with Gasteiger partial charge in [0.05, 0.1) is 12.2 Å². The molecule has 1 unspecified atom stereocenters. The molecule has 1 amide bonds. The molecule has 22 heavy (non-hydrogen) atoms. The predicted molar refractivity (Wildman–Crippen MR) is 80.6 cm³/mol. The van der Waals surface area contributed by atoms with Gasteiger partial charge < -0.3 is 4.74 Å². The van der Waals surface area contributed by atoms with Crippen molar-refractivity contribution in [3.63, 3.8) is 0 Å². The first-order valence-corrected chi connectivity index (χ1v) is 6.82. The number of nitrogens with one attached hydrogen (secondary N) is 1. The minimum Gasteiger partial charge on any atom is -0.479 e. The number of carbonyl (C=O) groups excluding carboxylic acids is 1. The molecule has 1 N–H and O–H groups in total. The van der Waals surface area contributed by atoms with E-state index in [0.29, 0.717) is 11.3 Å². The molecule has 0 aliphatic heterocycles. The summed E-state index contributed by atoms with van der Waals surface area (Å²) in [7, 11) is 0. The van der Waals surface area contributed by atoms with Crippen molar-refractivity contribution in [1.82, 2.24) is 5.48 Å². The van der Waals surface area contributed by atoms with Gasteiger partial charge >= 0.3 is 0 Å². The second-order valence-electron chi connectivity index (χ2n) is 4.61. The van der Waals surface area contributed by atoms with Crippen LogP contribution in [-0.4, -0.2) is 12.0 Å². The number of ether oxygens (including phenoxy) is 1. The fourth-order valence-corrected chi connectivity index (χ4v) is 1.75. The Morgan fingerprint density at radius 3 is 2.59 bits per heavy atom.